The van der Waals surface area contributed by atoms with Crippen molar-refractivity contribution < 1.29 is 0 Å². The number of hydrogen-bond donors (Lipinski definition) is 2. The highest BCUT2D eigenvalue weighted by atomic mass is 35.5. The van der Waals surface area contributed by atoms with Crippen molar-refractivity contribution in [2.24, 2.45) is 14.1 Å². The van der Waals surface area contributed by atoms with Crippen molar-refractivity contribution >= 4 is 39.2 Å². The van der Waals surface area contributed by atoms with Crippen LogP contribution in [0.1, 0.15) is 5.56 Å². The molecule has 0 aliphatic rings. The first-order valence-electron chi connectivity index (χ1n) is 9.18. The smallest absolute Gasteiger partial charge is 0.328 e. The Bertz CT molecular complexity index is 1210. The molecule has 28 heavy (non-hydrogen) atoms. The molecule has 0 bridgehead atoms. The molecule has 4 aromatic rings. The Labute approximate surface area is 167 Å². The van der Waals surface area contributed by atoms with E-state index in [1.165, 1.54) is 0 Å². The quantitative estimate of drug-likeness (QED) is 0.492. The van der Waals surface area contributed by atoms with E-state index in [-0.39, 0.29) is 5.69 Å². The van der Waals surface area contributed by atoms with Gasteiger partial charge in [0, 0.05) is 56.0 Å². The van der Waals surface area contributed by atoms with Gasteiger partial charge < -0.3 is 10.6 Å². The summed E-state index contributed by atoms with van der Waals surface area (Å²) in [6.07, 6.45) is 1.79. The summed E-state index contributed by atoms with van der Waals surface area (Å²) in [4.78, 5) is 16.4. The Morgan fingerprint density at radius 2 is 1.82 bits per heavy atom. The Hall–Kier alpha value is -2.83. The van der Waals surface area contributed by atoms with Gasteiger partial charge in [0.05, 0.1) is 16.6 Å². The third-order valence-corrected chi connectivity index (χ3v) is 5.22. The summed E-state index contributed by atoms with van der Waals surface area (Å²) < 4.78 is 3.35. The lowest BCUT2D eigenvalue weighted by molar-refractivity contribution is 0.707. The first kappa shape index (κ1) is 18.5. The summed E-state index contributed by atoms with van der Waals surface area (Å²) in [5, 5.41) is 8.63. The molecule has 2 heterocycles. The second kappa shape index (κ2) is 7.66. The average Bonchev–Trinajstić information content (AvgIpc) is 2.91. The third-order valence-electron chi connectivity index (χ3n) is 4.99. The summed E-state index contributed by atoms with van der Waals surface area (Å²) in [6, 6.07) is 13.8. The SMILES string of the molecule is Cn1c(=O)n(C)c2cc(CNCCNc3ccnc4cc(Cl)ccc34)ccc21. The molecule has 0 saturated heterocycles. The predicted molar refractivity (Wildman–Crippen MR) is 115 cm³/mol. The van der Waals surface area contributed by atoms with Crippen molar-refractivity contribution in [3.05, 3.63) is 69.7 Å². The molecule has 0 spiro atoms. The topological polar surface area (TPSA) is 63.9 Å². The van der Waals surface area contributed by atoms with Crippen LogP contribution in [0.5, 0.6) is 0 Å². The molecule has 0 fully saturated rings. The van der Waals surface area contributed by atoms with Gasteiger partial charge in [-0.2, -0.15) is 0 Å². The van der Waals surface area contributed by atoms with Crippen LogP contribution in [0.15, 0.2) is 53.5 Å². The van der Waals surface area contributed by atoms with Crippen molar-refractivity contribution in [1.82, 2.24) is 19.4 Å². The lowest BCUT2D eigenvalue weighted by Gasteiger charge is -2.10. The first-order chi connectivity index (χ1) is 13.5. The van der Waals surface area contributed by atoms with Crippen LogP contribution in [0.25, 0.3) is 21.9 Å². The van der Waals surface area contributed by atoms with Gasteiger partial charge >= 0.3 is 5.69 Å². The van der Waals surface area contributed by atoms with Crippen LogP contribution in [0.4, 0.5) is 5.69 Å². The Balaban J connectivity index is 1.36. The van der Waals surface area contributed by atoms with E-state index in [9.17, 15) is 4.79 Å². The van der Waals surface area contributed by atoms with Crippen molar-refractivity contribution in [2.75, 3.05) is 18.4 Å². The molecule has 2 N–H and O–H groups in total. The fourth-order valence-electron chi connectivity index (χ4n) is 3.46. The third kappa shape index (κ3) is 3.48. The van der Waals surface area contributed by atoms with E-state index in [1.807, 2.05) is 30.3 Å². The van der Waals surface area contributed by atoms with Gasteiger partial charge in [-0.3, -0.25) is 14.1 Å². The van der Waals surface area contributed by atoms with Crippen molar-refractivity contribution in [2.45, 2.75) is 6.54 Å². The van der Waals surface area contributed by atoms with Crippen molar-refractivity contribution in [3.8, 4) is 0 Å². The van der Waals surface area contributed by atoms with E-state index in [4.69, 9.17) is 11.6 Å². The average molecular weight is 396 g/mol. The van der Waals surface area contributed by atoms with Gasteiger partial charge in [0.2, 0.25) is 0 Å². The van der Waals surface area contributed by atoms with Gasteiger partial charge in [-0.25, -0.2) is 4.79 Å². The molecule has 2 aromatic heterocycles. The molecule has 0 saturated carbocycles. The number of anilines is 1. The number of benzene rings is 2. The first-order valence-corrected chi connectivity index (χ1v) is 9.55. The molecule has 0 unspecified atom stereocenters. The number of aromatic nitrogens is 3. The molecular formula is C21H22ClN5O. The molecule has 0 aliphatic heterocycles. The summed E-state index contributed by atoms with van der Waals surface area (Å²) in [7, 11) is 3.60. The number of pyridine rings is 1. The zero-order chi connectivity index (χ0) is 19.7. The molecule has 0 amide bonds. The largest absolute Gasteiger partial charge is 0.383 e. The highest BCUT2D eigenvalue weighted by Gasteiger charge is 2.08. The lowest BCUT2D eigenvalue weighted by atomic mass is 10.2. The maximum Gasteiger partial charge on any atom is 0.328 e. The number of nitrogens with zero attached hydrogens (tertiary/aromatic N) is 3. The highest BCUT2D eigenvalue weighted by molar-refractivity contribution is 6.31. The highest BCUT2D eigenvalue weighted by Crippen LogP contribution is 2.24. The second-order valence-corrected chi connectivity index (χ2v) is 7.28. The predicted octanol–water partition coefficient (Wildman–Crippen LogP) is 3.28. The number of fused-ring (bicyclic) bond motifs is 2. The summed E-state index contributed by atoms with van der Waals surface area (Å²) in [6.45, 7) is 2.34. The monoisotopic (exact) mass is 395 g/mol. The number of aryl methyl sites for hydroxylation is 2. The maximum absolute atomic E-state index is 12.0. The van der Waals surface area contributed by atoms with Gasteiger partial charge in [0.15, 0.2) is 0 Å². The van der Waals surface area contributed by atoms with Crippen LogP contribution >= 0.6 is 11.6 Å². The molecule has 144 valence electrons. The van der Waals surface area contributed by atoms with Crippen LogP contribution in [0.3, 0.4) is 0 Å². The van der Waals surface area contributed by atoms with Crippen LogP contribution < -0.4 is 16.3 Å². The van der Waals surface area contributed by atoms with Crippen LogP contribution in [0.2, 0.25) is 5.02 Å². The molecule has 2 aromatic carbocycles. The van der Waals surface area contributed by atoms with Gasteiger partial charge in [-0.1, -0.05) is 17.7 Å². The Morgan fingerprint density at radius 3 is 2.68 bits per heavy atom. The van der Waals surface area contributed by atoms with Crippen molar-refractivity contribution in [1.29, 1.82) is 0 Å². The number of imidazole rings is 1. The van der Waals surface area contributed by atoms with Gasteiger partial charge in [0.25, 0.3) is 0 Å². The zero-order valence-corrected chi connectivity index (χ0v) is 16.6. The van der Waals surface area contributed by atoms with Crippen LogP contribution in [-0.4, -0.2) is 27.2 Å². The molecule has 6 nitrogen and oxygen atoms in total. The number of hydrogen-bond acceptors (Lipinski definition) is 4. The summed E-state index contributed by atoms with van der Waals surface area (Å²) in [5.41, 5.74) is 4.97. The Morgan fingerprint density at radius 1 is 1.00 bits per heavy atom. The fraction of sp³-hybridized carbons (Fsp3) is 0.238. The molecule has 0 aliphatic carbocycles. The minimum absolute atomic E-state index is 0.00447. The van der Waals surface area contributed by atoms with E-state index in [1.54, 1.807) is 29.4 Å². The normalized spacial score (nSPS) is 11.4. The van der Waals surface area contributed by atoms with E-state index >= 15 is 0 Å². The number of rotatable bonds is 6. The second-order valence-electron chi connectivity index (χ2n) is 6.85. The molecule has 0 atom stereocenters. The summed E-state index contributed by atoms with van der Waals surface area (Å²) in [5.74, 6) is 0. The van der Waals surface area contributed by atoms with Crippen molar-refractivity contribution in [3.63, 3.8) is 0 Å². The van der Waals surface area contributed by atoms with Crippen LogP contribution in [0, 0.1) is 0 Å². The van der Waals surface area contributed by atoms with E-state index in [0.29, 0.717) is 5.02 Å². The van der Waals surface area contributed by atoms with E-state index < -0.39 is 0 Å². The molecule has 0 radical (unpaired) electrons. The maximum atomic E-state index is 12.0. The van der Waals surface area contributed by atoms with Crippen LogP contribution in [-0.2, 0) is 20.6 Å². The van der Waals surface area contributed by atoms with Gasteiger partial charge in [0.1, 0.15) is 0 Å². The number of halogens is 1. The Kier molecular flexibility index (Phi) is 5.07. The van der Waals surface area contributed by atoms with E-state index in [0.717, 1.165) is 52.8 Å². The minimum atomic E-state index is -0.00447. The fourth-order valence-corrected chi connectivity index (χ4v) is 3.62. The van der Waals surface area contributed by atoms with Gasteiger partial charge in [-0.05, 0) is 42.0 Å². The number of nitrogens with one attached hydrogen (secondary N) is 2. The molecule has 7 heteroatoms. The van der Waals surface area contributed by atoms with E-state index in [2.05, 4.69) is 27.8 Å². The van der Waals surface area contributed by atoms with Gasteiger partial charge in [-0.15, -0.1) is 0 Å². The molecular weight excluding hydrogens is 374 g/mol. The minimum Gasteiger partial charge on any atom is -0.383 e. The standard InChI is InChI=1S/C21H22ClN5O/c1-26-19-6-3-14(11-20(19)27(2)21(26)28)13-23-9-10-25-17-7-8-24-18-12-15(22)4-5-16(17)18/h3-8,11-12,23H,9-10,13H2,1-2H3,(H,24,25). The lowest BCUT2D eigenvalue weighted by Crippen LogP contribution is -2.21. The molecule has 4 rings (SSSR count). The summed E-state index contributed by atoms with van der Waals surface area (Å²) >= 11 is 6.04. The zero-order valence-electron chi connectivity index (χ0n) is 15.9.